The quantitative estimate of drug-likeness (QED) is 0.610. The lowest BCUT2D eigenvalue weighted by molar-refractivity contribution is -0.131. The van der Waals surface area contributed by atoms with Gasteiger partial charge in [0, 0.05) is 6.08 Å². The third-order valence-electron chi connectivity index (χ3n) is 1.44. The van der Waals surface area contributed by atoms with Crippen LogP contribution in [0.3, 0.4) is 0 Å². The number of allylic oxidation sites excluding steroid dienone is 5. The third-order valence-corrected chi connectivity index (χ3v) is 1.44. The molecule has 0 atom stereocenters. The summed E-state index contributed by atoms with van der Waals surface area (Å²) in [5.74, 6) is -0.898. The summed E-state index contributed by atoms with van der Waals surface area (Å²) in [4.78, 5) is 10.1. The minimum absolute atomic E-state index is 0.898. The summed E-state index contributed by atoms with van der Waals surface area (Å²) < 4.78 is 0. The number of rotatable bonds is 2. The van der Waals surface area contributed by atoms with Crippen LogP contribution in [-0.4, -0.2) is 11.1 Å². The summed E-state index contributed by atoms with van der Waals surface area (Å²) in [5, 5.41) is 8.31. The van der Waals surface area contributed by atoms with Crippen LogP contribution in [0.4, 0.5) is 0 Å². The second-order valence-corrected chi connectivity index (χ2v) is 2.36. The van der Waals surface area contributed by atoms with Gasteiger partial charge in [-0.3, -0.25) is 0 Å². The lowest BCUT2D eigenvalue weighted by Crippen LogP contribution is -1.87. The molecule has 0 radical (unpaired) electrons. The fourth-order valence-electron chi connectivity index (χ4n) is 0.925. The molecule has 2 nitrogen and oxygen atoms in total. The first kappa shape index (κ1) is 7.79. The van der Waals surface area contributed by atoms with Crippen molar-refractivity contribution in [1.82, 2.24) is 0 Å². The molecule has 0 amide bonds. The van der Waals surface area contributed by atoms with Crippen LogP contribution in [0.2, 0.25) is 0 Å². The summed E-state index contributed by atoms with van der Waals surface area (Å²) in [6.07, 6.45) is 10.8. The highest BCUT2D eigenvalue weighted by molar-refractivity contribution is 5.80. The highest BCUT2D eigenvalue weighted by Crippen LogP contribution is 2.09. The van der Waals surface area contributed by atoms with Gasteiger partial charge in [0.05, 0.1) is 0 Å². The van der Waals surface area contributed by atoms with E-state index >= 15 is 0 Å². The van der Waals surface area contributed by atoms with Crippen molar-refractivity contribution < 1.29 is 9.90 Å². The van der Waals surface area contributed by atoms with Crippen LogP contribution < -0.4 is 0 Å². The average Bonchev–Trinajstić information content (AvgIpc) is 2.03. The topological polar surface area (TPSA) is 37.3 Å². The second-order valence-electron chi connectivity index (χ2n) is 2.36. The van der Waals surface area contributed by atoms with E-state index in [1.807, 2.05) is 18.2 Å². The summed E-state index contributed by atoms with van der Waals surface area (Å²) in [6.45, 7) is 0. The first-order chi connectivity index (χ1) is 5.29. The standard InChI is InChI=1S/C9H10O2/c10-9(11)7-6-8-4-2-1-3-5-8/h2,4-7H,1,3H2,(H,10,11)/b7-6+. The zero-order valence-electron chi connectivity index (χ0n) is 6.16. The smallest absolute Gasteiger partial charge is 0.328 e. The zero-order chi connectivity index (χ0) is 8.10. The fraction of sp³-hybridized carbons (Fsp3) is 0.222. The van der Waals surface area contributed by atoms with E-state index in [4.69, 9.17) is 5.11 Å². The number of carboxylic acids is 1. The van der Waals surface area contributed by atoms with E-state index in [9.17, 15) is 4.79 Å². The first-order valence-corrected chi connectivity index (χ1v) is 3.57. The van der Waals surface area contributed by atoms with E-state index in [0.717, 1.165) is 24.5 Å². The summed E-state index contributed by atoms with van der Waals surface area (Å²) in [6, 6.07) is 0. The van der Waals surface area contributed by atoms with Gasteiger partial charge >= 0.3 is 5.97 Å². The molecule has 11 heavy (non-hydrogen) atoms. The Hall–Kier alpha value is -1.31. The molecule has 0 aliphatic heterocycles. The molecule has 1 aliphatic rings. The largest absolute Gasteiger partial charge is 0.478 e. The highest BCUT2D eigenvalue weighted by atomic mass is 16.4. The van der Waals surface area contributed by atoms with Gasteiger partial charge < -0.3 is 5.11 Å². The SMILES string of the molecule is O=C(O)/C=C/C1=CCCC=C1. The zero-order valence-corrected chi connectivity index (χ0v) is 6.16. The number of hydrogen-bond donors (Lipinski definition) is 1. The molecule has 0 bridgehead atoms. The van der Waals surface area contributed by atoms with Crippen LogP contribution in [0.1, 0.15) is 12.8 Å². The van der Waals surface area contributed by atoms with Crippen molar-refractivity contribution in [3.63, 3.8) is 0 Å². The van der Waals surface area contributed by atoms with Crippen molar-refractivity contribution in [2.75, 3.05) is 0 Å². The van der Waals surface area contributed by atoms with Gasteiger partial charge in [0.2, 0.25) is 0 Å². The van der Waals surface area contributed by atoms with Crippen molar-refractivity contribution >= 4 is 5.97 Å². The molecule has 2 heteroatoms. The Balaban J connectivity index is 2.55. The molecule has 0 aromatic carbocycles. The van der Waals surface area contributed by atoms with Crippen molar-refractivity contribution in [3.8, 4) is 0 Å². The molecule has 1 N–H and O–H groups in total. The Morgan fingerprint density at radius 2 is 2.36 bits per heavy atom. The molecular weight excluding hydrogens is 140 g/mol. The van der Waals surface area contributed by atoms with Crippen molar-refractivity contribution in [2.24, 2.45) is 0 Å². The third kappa shape index (κ3) is 2.85. The number of aliphatic carboxylic acids is 1. The molecular formula is C9H10O2. The van der Waals surface area contributed by atoms with Crippen LogP contribution in [-0.2, 0) is 4.79 Å². The molecule has 1 aliphatic carbocycles. The van der Waals surface area contributed by atoms with Crippen LogP contribution >= 0.6 is 0 Å². The van der Waals surface area contributed by atoms with Crippen LogP contribution in [0, 0.1) is 0 Å². The van der Waals surface area contributed by atoms with Gasteiger partial charge in [-0.15, -0.1) is 0 Å². The minimum Gasteiger partial charge on any atom is -0.478 e. The molecule has 0 saturated heterocycles. The van der Waals surface area contributed by atoms with Crippen LogP contribution in [0.25, 0.3) is 0 Å². The number of carboxylic acid groups (broad SMARTS) is 1. The van der Waals surface area contributed by atoms with Gasteiger partial charge in [-0.2, -0.15) is 0 Å². The molecule has 1 rings (SSSR count). The molecule has 0 unspecified atom stereocenters. The normalized spacial score (nSPS) is 16.9. The van der Waals surface area contributed by atoms with Gasteiger partial charge in [0.15, 0.2) is 0 Å². The first-order valence-electron chi connectivity index (χ1n) is 3.57. The summed E-state index contributed by atoms with van der Waals surface area (Å²) >= 11 is 0. The van der Waals surface area contributed by atoms with Gasteiger partial charge in [-0.1, -0.05) is 18.2 Å². The van der Waals surface area contributed by atoms with E-state index in [0.29, 0.717) is 0 Å². The average molecular weight is 150 g/mol. The van der Waals surface area contributed by atoms with Gasteiger partial charge in [-0.05, 0) is 24.5 Å². The number of carbonyl (C=O) groups is 1. The van der Waals surface area contributed by atoms with E-state index in [1.165, 1.54) is 0 Å². The monoisotopic (exact) mass is 150 g/mol. The molecule has 0 spiro atoms. The molecule has 0 aromatic rings. The Bertz CT molecular complexity index is 234. The van der Waals surface area contributed by atoms with Crippen LogP contribution in [0.15, 0.2) is 36.0 Å². The summed E-state index contributed by atoms with van der Waals surface area (Å²) in [5.41, 5.74) is 0.985. The van der Waals surface area contributed by atoms with Crippen LogP contribution in [0.5, 0.6) is 0 Å². The second kappa shape index (κ2) is 3.76. The molecule has 0 aromatic heterocycles. The summed E-state index contributed by atoms with van der Waals surface area (Å²) in [7, 11) is 0. The number of hydrogen-bond acceptors (Lipinski definition) is 1. The van der Waals surface area contributed by atoms with Gasteiger partial charge in [-0.25, -0.2) is 4.79 Å². The van der Waals surface area contributed by atoms with E-state index in [2.05, 4.69) is 0 Å². The van der Waals surface area contributed by atoms with Crippen molar-refractivity contribution in [3.05, 3.63) is 36.0 Å². The van der Waals surface area contributed by atoms with Gasteiger partial charge in [0.25, 0.3) is 0 Å². The van der Waals surface area contributed by atoms with Crippen molar-refractivity contribution in [2.45, 2.75) is 12.8 Å². The Labute approximate surface area is 65.5 Å². The maximum absolute atomic E-state index is 10.1. The minimum atomic E-state index is -0.898. The van der Waals surface area contributed by atoms with Gasteiger partial charge in [0.1, 0.15) is 0 Å². The highest BCUT2D eigenvalue weighted by Gasteiger charge is 1.92. The molecule has 0 saturated carbocycles. The van der Waals surface area contributed by atoms with Crippen molar-refractivity contribution in [1.29, 1.82) is 0 Å². The Morgan fingerprint density at radius 3 is 2.91 bits per heavy atom. The lowest BCUT2D eigenvalue weighted by Gasteiger charge is -1.99. The molecule has 0 fully saturated rings. The predicted octanol–water partition coefficient (Wildman–Crippen LogP) is 1.90. The predicted molar refractivity (Wildman–Crippen MR) is 43.2 cm³/mol. The Kier molecular flexibility index (Phi) is 2.66. The maximum atomic E-state index is 10.1. The lowest BCUT2D eigenvalue weighted by atomic mass is 10.1. The van der Waals surface area contributed by atoms with E-state index in [1.54, 1.807) is 6.08 Å². The maximum Gasteiger partial charge on any atom is 0.328 e. The Morgan fingerprint density at radius 1 is 1.55 bits per heavy atom. The van der Waals surface area contributed by atoms with E-state index in [-0.39, 0.29) is 0 Å². The molecule has 0 heterocycles. The molecule has 58 valence electrons. The fourth-order valence-corrected chi connectivity index (χ4v) is 0.925. The van der Waals surface area contributed by atoms with E-state index < -0.39 is 5.97 Å².